The third-order valence-corrected chi connectivity index (χ3v) is 3.91. The molecule has 1 unspecified atom stereocenters. The highest BCUT2D eigenvalue weighted by Gasteiger charge is 2.12. The average molecular weight is 329 g/mol. The molecule has 0 radical (unpaired) electrons. The van der Waals surface area contributed by atoms with Crippen molar-refractivity contribution in [3.63, 3.8) is 0 Å². The Morgan fingerprint density at radius 3 is 2.67 bits per heavy atom. The third kappa shape index (κ3) is 5.08. The van der Waals surface area contributed by atoms with Crippen LogP contribution in [0.15, 0.2) is 29.8 Å². The van der Waals surface area contributed by atoms with Crippen molar-refractivity contribution < 1.29 is 14.6 Å². The second kappa shape index (κ2) is 9.06. The largest absolute Gasteiger partial charge is 0.391 e. The van der Waals surface area contributed by atoms with E-state index in [1.54, 1.807) is 6.08 Å². The number of nitrogens with zero attached hydrogens (tertiary/aromatic N) is 2. The lowest BCUT2D eigenvalue weighted by Crippen LogP contribution is -2.36. The minimum atomic E-state index is -0.596. The number of ether oxygens (including phenoxy) is 1. The van der Waals surface area contributed by atoms with Gasteiger partial charge in [-0.15, -0.1) is 0 Å². The molecule has 1 atom stereocenters. The number of morpholine rings is 1. The molecule has 2 rings (SSSR count). The quantitative estimate of drug-likeness (QED) is 0.607. The summed E-state index contributed by atoms with van der Waals surface area (Å²) in [4.78, 5) is 14.2. The molecule has 0 saturated carbocycles. The summed E-state index contributed by atoms with van der Waals surface area (Å²) in [5.74, 6) is -0.470. The summed E-state index contributed by atoms with van der Waals surface area (Å²) in [6.45, 7) is 5.15. The molecule has 6 nitrogen and oxygen atoms in total. The Bertz CT molecular complexity index is 613. The van der Waals surface area contributed by atoms with Gasteiger partial charge in [0, 0.05) is 25.3 Å². The van der Waals surface area contributed by atoms with Crippen LogP contribution in [0, 0.1) is 11.3 Å². The number of benzene rings is 1. The molecule has 0 spiro atoms. The lowest BCUT2D eigenvalue weighted by Gasteiger charge is -2.28. The first-order valence-electron chi connectivity index (χ1n) is 8.15. The number of anilines is 1. The predicted molar refractivity (Wildman–Crippen MR) is 92.4 cm³/mol. The Morgan fingerprint density at radius 1 is 1.42 bits per heavy atom. The fraction of sp³-hybridized carbons (Fsp3) is 0.444. The second-order valence-corrected chi connectivity index (χ2v) is 5.63. The fourth-order valence-electron chi connectivity index (χ4n) is 2.37. The number of amides is 1. The summed E-state index contributed by atoms with van der Waals surface area (Å²) in [5, 5.41) is 21.2. The van der Waals surface area contributed by atoms with Gasteiger partial charge in [-0.2, -0.15) is 5.26 Å². The molecule has 1 aromatic rings. The zero-order valence-corrected chi connectivity index (χ0v) is 13.9. The Hall–Kier alpha value is -2.36. The van der Waals surface area contributed by atoms with Crippen LogP contribution >= 0.6 is 0 Å². The molecule has 1 aliphatic heterocycles. The molecule has 1 aromatic carbocycles. The standard InChI is InChI=1S/C18H23N3O3/c1-2-17(22)13-20-18(23)15(12-19)11-14-3-5-16(6-4-14)21-7-9-24-10-8-21/h3-6,11,17,22H,2,7-10,13H2,1H3,(H,20,23)/b15-11+. The van der Waals surface area contributed by atoms with E-state index in [4.69, 9.17) is 4.74 Å². The Labute approximate surface area is 142 Å². The van der Waals surface area contributed by atoms with E-state index in [2.05, 4.69) is 10.2 Å². The smallest absolute Gasteiger partial charge is 0.262 e. The summed E-state index contributed by atoms with van der Waals surface area (Å²) >= 11 is 0. The number of aliphatic hydroxyl groups is 1. The maximum atomic E-state index is 12.0. The van der Waals surface area contributed by atoms with Crippen molar-refractivity contribution in [2.75, 3.05) is 37.7 Å². The van der Waals surface area contributed by atoms with Gasteiger partial charge in [-0.1, -0.05) is 19.1 Å². The number of nitrogens with one attached hydrogen (secondary N) is 1. The number of rotatable bonds is 6. The van der Waals surface area contributed by atoms with E-state index in [9.17, 15) is 15.2 Å². The van der Waals surface area contributed by atoms with Gasteiger partial charge in [-0.25, -0.2) is 0 Å². The van der Waals surface area contributed by atoms with Crippen molar-refractivity contribution in [2.45, 2.75) is 19.4 Å². The van der Waals surface area contributed by atoms with Crippen LogP contribution in [0.5, 0.6) is 0 Å². The first kappa shape index (κ1) is 18.0. The lowest BCUT2D eigenvalue weighted by atomic mass is 10.1. The maximum absolute atomic E-state index is 12.0. The molecule has 128 valence electrons. The topological polar surface area (TPSA) is 85.6 Å². The first-order chi connectivity index (χ1) is 11.6. The molecule has 6 heteroatoms. The predicted octanol–water partition coefficient (Wildman–Crippen LogP) is 1.32. The van der Waals surface area contributed by atoms with Crippen LogP contribution in [0.4, 0.5) is 5.69 Å². The van der Waals surface area contributed by atoms with E-state index in [0.717, 1.165) is 37.6 Å². The molecule has 1 saturated heterocycles. The van der Waals surface area contributed by atoms with Crippen molar-refractivity contribution in [3.05, 3.63) is 35.4 Å². The molecule has 1 fully saturated rings. The maximum Gasteiger partial charge on any atom is 0.262 e. The van der Waals surface area contributed by atoms with Gasteiger partial charge in [0.2, 0.25) is 0 Å². The zero-order chi connectivity index (χ0) is 17.4. The molecule has 0 aliphatic carbocycles. The number of carbonyl (C=O) groups excluding carboxylic acids is 1. The van der Waals surface area contributed by atoms with Crippen LogP contribution in [0.3, 0.4) is 0 Å². The normalized spacial score (nSPS) is 16.4. The van der Waals surface area contributed by atoms with Gasteiger partial charge in [0.05, 0.1) is 19.3 Å². The molecule has 24 heavy (non-hydrogen) atoms. The number of carbonyl (C=O) groups is 1. The van der Waals surface area contributed by atoms with Crippen molar-refractivity contribution in [2.24, 2.45) is 0 Å². The van der Waals surface area contributed by atoms with E-state index in [-0.39, 0.29) is 12.1 Å². The van der Waals surface area contributed by atoms with E-state index in [0.29, 0.717) is 6.42 Å². The summed E-state index contributed by atoms with van der Waals surface area (Å²) in [6.07, 6.45) is 1.51. The average Bonchev–Trinajstić information content (AvgIpc) is 2.65. The van der Waals surface area contributed by atoms with Gasteiger partial charge >= 0.3 is 0 Å². The van der Waals surface area contributed by atoms with Gasteiger partial charge in [0.1, 0.15) is 11.6 Å². The van der Waals surface area contributed by atoms with Gasteiger partial charge in [-0.05, 0) is 30.2 Å². The molecule has 0 bridgehead atoms. The molecular weight excluding hydrogens is 306 g/mol. The third-order valence-electron chi connectivity index (χ3n) is 3.91. The van der Waals surface area contributed by atoms with E-state index >= 15 is 0 Å². The highest BCUT2D eigenvalue weighted by Crippen LogP contribution is 2.18. The van der Waals surface area contributed by atoms with Gasteiger partial charge < -0.3 is 20.1 Å². The molecule has 0 aromatic heterocycles. The summed E-state index contributed by atoms with van der Waals surface area (Å²) in [6, 6.07) is 9.64. The minimum absolute atomic E-state index is 0.0254. The minimum Gasteiger partial charge on any atom is -0.391 e. The fourth-order valence-corrected chi connectivity index (χ4v) is 2.37. The van der Waals surface area contributed by atoms with E-state index < -0.39 is 12.0 Å². The zero-order valence-electron chi connectivity index (χ0n) is 13.9. The van der Waals surface area contributed by atoms with Crippen molar-refractivity contribution in [3.8, 4) is 6.07 Å². The lowest BCUT2D eigenvalue weighted by molar-refractivity contribution is -0.117. The SMILES string of the molecule is CCC(O)CNC(=O)/C(C#N)=C/c1ccc(N2CCOCC2)cc1. The van der Waals surface area contributed by atoms with Crippen LogP contribution < -0.4 is 10.2 Å². The Balaban J connectivity index is 2.02. The number of hydrogen-bond donors (Lipinski definition) is 2. The molecule has 1 heterocycles. The van der Waals surface area contributed by atoms with Gasteiger partial charge in [0.15, 0.2) is 0 Å². The van der Waals surface area contributed by atoms with E-state index in [1.165, 1.54) is 0 Å². The van der Waals surface area contributed by atoms with Crippen LogP contribution in [0.25, 0.3) is 6.08 Å². The van der Waals surface area contributed by atoms with Crippen LogP contribution in [-0.4, -0.2) is 50.0 Å². The number of aliphatic hydroxyl groups excluding tert-OH is 1. The Kier molecular flexibility index (Phi) is 6.79. The van der Waals surface area contributed by atoms with Crippen molar-refractivity contribution in [1.29, 1.82) is 5.26 Å². The monoisotopic (exact) mass is 329 g/mol. The summed E-state index contributed by atoms with van der Waals surface area (Å²) < 4.78 is 5.34. The molecule has 2 N–H and O–H groups in total. The number of hydrogen-bond acceptors (Lipinski definition) is 5. The first-order valence-corrected chi connectivity index (χ1v) is 8.15. The molecule has 1 amide bonds. The van der Waals surface area contributed by atoms with Crippen LogP contribution in [0.1, 0.15) is 18.9 Å². The molecular formula is C18H23N3O3. The van der Waals surface area contributed by atoms with E-state index in [1.807, 2.05) is 37.3 Å². The van der Waals surface area contributed by atoms with Crippen LogP contribution in [-0.2, 0) is 9.53 Å². The van der Waals surface area contributed by atoms with Crippen LogP contribution in [0.2, 0.25) is 0 Å². The van der Waals surface area contributed by atoms with Gasteiger partial charge in [0.25, 0.3) is 5.91 Å². The van der Waals surface area contributed by atoms with Crippen molar-refractivity contribution >= 4 is 17.7 Å². The summed E-state index contributed by atoms with van der Waals surface area (Å²) in [5.41, 5.74) is 1.91. The summed E-state index contributed by atoms with van der Waals surface area (Å²) in [7, 11) is 0. The highest BCUT2D eigenvalue weighted by atomic mass is 16.5. The second-order valence-electron chi connectivity index (χ2n) is 5.63. The molecule has 1 aliphatic rings. The number of nitriles is 1. The van der Waals surface area contributed by atoms with Gasteiger partial charge in [-0.3, -0.25) is 4.79 Å². The Morgan fingerprint density at radius 2 is 2.08 bits per heavy atom. The highest BCUT2D eigenvalue weighted by molar-refractivity contribution is 6.01. The van der Waals surface area contributed by atoms with Crippen molar-refractivity contribution in [1.82, 2.24) is 5.32 Å².